The molecule has 6 heteroatoms. The van der Waals surface area contributed by atoms with E-state index in [-0.39, 0.29) is 0 Å². The average molecular weight is 185 g/mol. The molecule has 0 radical (unpaired) electrons. The van der Waals surface area contributed by atoms with Crippen LogP contribution in [0.4, 0.5) is 0 Å². The van der Waals surface area contributed by atoms with Gasteiger partial charge in [0.25, 0.3) is 0 Å². The number of rotatable bonds is 3. The molecular formula is C7H11N3O3. The van der Waals surface area contributed by atoms with Gasteiger partial charge in [0, 0.05) is 7.11 Å². The van der Waals surface area contributed by atoms with Crippen molar-refractivity contribution in [1.82, 2.24) is 14.5 Å². The lowest BCUT2D eigenvalue weighted by Crippen LogP contribution is -2.34. The molecule has 1 aromatic heterocycles. The minimum absolute atomic E-state index is 0.394. The van der Waals surface area contributed by atoms with E-state index in [1.165, 1.54) is 4.57 Å². The Bertz CT molecular complexity index is 393. The van der Waals surface area contributed by atoms with E-state index in [0.29, 0.717) is 19.0 Å². The molecule has 0 spiro atoms. The van der Waals surface area contributed by atoms with E-state index in [0.717, 1.165) is 0 Å². The number of aryl methyl sites for hydroxylation is 1. The lowest BCUT2D eigenvalue weighted by Gasteiger charge is -2.05. The third-order valence-electron chi connectivity index (χ3n) is 1.63. The fourth-order valence-electron chi connectivity index (χ4n) is 0.987. The summed E-state index contributed by atoms with van der Waals surface area (Å²) in [4.78, 5) is 27.6. The van der Waals surface area contributed by atoms with Crippen molar-refractivity contribution in [2.45, 2.75) is 13.5 Å². The smallest absolute Gasteiger partial charge is 0.350 e. The summed E-state index contributed by atoms with van der Waals surface area (Å²) >= 11 is 0. The number of hydrogen-bond acceptors (Lipinski definition) is 4. The van der Waals surface area contributed by atoms with Gasteiger partial charge in [-0.15, -0.1) is 0 Å². The summed E-state index contributed by atoms with van der Waals surface area (Å²) in [7, 11) is 1.54. The number of aromatic amines is 1. The maximum atomic E-state index is 11.2. The first kappa shape index (κ1) is 9.66. The summed E-state index contributed by atoms with van der Waals surface area (Å²) < 4.78 is 6.16. The molecule has 0 aliphatic heterocycles. The summed E-state index contributed by atoms with van der Waals surface area (Å²) in [6.45, 7) is 2.41. The molecule has 0 saturated carbocycles. The van der Waals surface area contributed by atoms with Gasteiger partial charge in [-0.25, -0.2) is 9.59 Å². The lowest BCUT2D eigenvalue weighted by molar-refractivity contribution is 0.184. The van der Waals surface area contributed by atoms with Gasteiger partial charge in [0.1, 0.15) is 5.82 Å². The van der Waals surface area contributed by atoms with Crippen molar-refractivity contribution in [3.05, 3.63) is 26.8 Å². The average Bonchev–Trinajstić information content (AvgIpc) is 2.02. The van der Waals surface area contributed by atoms with Crippen LogP contribution in [0, 0.1) is 6.92 Å². The monoisotopic (exact) mass is 185 g/mol. The summed E-state index contributed by atoms with van der Waals surface area (Å²) in [5, 5.41) is 0. The van der Waals surface area contributed by atoms with Crippen LogP contribution in [0.15, 0.2) is 9.59 Å². The molecule has 0 atom stereocenters. The fourth-order valence-corrected chi connectivity index (χ4v) is 0.987. The Kier molecular flexibility index (Phi) is 2.97. The molecule has 1 aromatic rings. The Morgan fingerprint density at radius 3 is 2.77 bits per heavy atom. The Morgan fingerprint density at radius 1 is 1.54 bits per heavy atom. The molecule has 72 valence electrons. The first-order valence-electron chi connectivity index (χ1n) is 3.82. The molecule has 0 unspecified atom stereocenters. The van der Waals surface area contributed by atoms with Crippen LogP contribution < -0.4 is 11.4 Å². The van der Waals surface area contributed by atoms with Crippen molar-refractivity contribution in [3.63, 3.8) is 0 Å². The zero-order chi connectivity index (χ0) is 9.84. The number of H-pyrrole nitrogens is 1. The van der Waals surface area contributed by atoms with Gasteiger partial charge in [0.15, 0.2) is 0 Å². The molecule has 1 heterocycles. The Hall–Kier alpha value is -1.43. The van der Waals surface area contributed by atoms with Crippen molar-refractivity contribution in [3.8, 4) is 0 Å². The van der Waals surface area contributed by atoms with Crippen LogP contribution in [0.2, 0.25) is 0 Å². The first-order chi connectivity index (χ1) is 6.15. The highest BCUT2D eigenvalue weighted by molar-refractivity contribution is 4.82. The second-order valence-corrected chi connectivity index (χ2v) is 2.54. The first-order valence-corrected chi connectivity index (χ1v) is 3.82. The molecule has 6 nitrogen and oxygen atoms in total. The van der Waals surface area contributed by atoms with Gasteiger partial charge in [-0.1, -0.05) is 0 Å². The predicted molar refractivity (Wildman–Crippen MR) is 45.7 cm³/mol. The molecule has 13 heavy (non-hydrogen) atoms. The molecular weight excluding hydrogens is 174 g/mol. The van der Waals surface area contributed by atoms with Gasteiger partial charge >= 0.3 is 11.4 Å². The van der Waals surface area contributed by atoms with Gasteiger partial charge in [-0.3, -0.25) is 9.55 Å². The van der Waals surface area contributed by atoms with Gasteiger partial charge in [0.05, 0.1) is 13.2 Å². The van der Waals surface area contributed by atoms with Gasteiger partial charge in [-0.2, -0.15) is 4.98 Å². The Morgan fingerprint density at radius 2 is 2.23 bits per heavy atom. The van der Waals surface area contributed by atoms with Crippen LogP contribution in [0.1, 0.15) is 5.82 Å². The Labute approximate surface area is 74.2 Å². The van der Waals surface area contributed by atoms with Gasteiger partial charge in [-0.05, 0) is 6.92 Å². The van der Waals surface area contributed by atoms with E-state index in [2.05, 4.69) is 9.97 Å². The van der Waals surface area contributed by atoms with Crippen LogP contribution in [0.25, 0.3) is 0 Å². The number of aromatic nitrogens is 3. The van der Waals surface area contributed by atoms with Crippen LogP contribution in [0.3, 0.4) is 0 Å². The number of hydrogen-bond donors (Lipinski definition) is 1. The fraction of sp³-hybridized carbons (Fsp3) is 0.571. The zero-order valence-electron chi connectivity index (χ0n) is 7.53. The molecule has 1 N–H and O–H groups in total. The minimum Gasteiger partial charge on any atom is -0.383 e. The third kappa shape index (κ3) is 2.25. The molecule has 0 bridgehead atoms. The van der Waals surface area contributed by atoms with Crippen molar-refractivity contribution in [2.75, 3.05) is 13.7 Å². The molecule has 0 saturated heterocycles. The molecule has 1 rings (SSSR count). The molecule has 0 aliphatic rings. The highest BCUT2D eigenvalue weighted by Gasteiger charge is 2.01. The normalized spacial score (nSPS) is 10.3. The van der Waals surface area contributed by atoms with Gasteiger partial charge in [0.2, 0.25) is 0 Å². The second-order valence-electron chi connectivity index (χ2n) is 2.54. The van der Waals surface area contributed by atoms with Crippen LogP contribution in [-0.4, -0.2) is 28.3 Å². The van der Waals surface area contributed by atoms with Crippen molar-refractivity contribution in [2.24, 2.45) is 0 Å². The van der Waals surface area contributed by atoms with E-state index in [9.17, 15) is 9.59 Å². The van der Waals surface area contributed by atoms with E-state index >= 15 is 0 Å². The number of methoxy groups -OCH3 is 1. The lowest BCUT2D eigenvalue weighted by atomic mass is 10.6. The topological polar surface area (TPSA) is 77.0 Å². The van der Waals surface area contributed by atoms with Crippen LogP contribution in [-0.2, 0) is 11.3 Å². The third-order valence-corrected chi connectivity index (χ3v) is 1.63. The summed E-state index contributed by atoms with van der Waals surface area (Å²) in [6.07, 6.45) is 0. The minimum atomic E-state index is -0.615. The van der Waals surface area contributed by atoms with Gasteiger partial charge < -0.3 is 4.74 Å². The van der Waals surface area contributed by atoms with E-state index in [4.69, 9.17) is 4.74 Å². The molecule has 0 aliphatic carbocycles. The predicted octanol–water partition coefficient (Wildman–Crippen LogP) is -1.11. The number of nitrogens with zero attached hydrogens (tertiary/aromatic N) is 2. The molecule has 0 aromatic carbocycles. The largest absolute Gasteiger partial charge is 0.383 e. The van der Waals surface area contributed by atoms with Crippen molar-refractivity contribution >= 4 is 0 Å². The van der Waals surface area contributed by atoms with Crippen molar-refractivity contribution in [1.29, 1.82) is 0 Å². The Balaban J connectivity index is 3.07. The highest BCUT2D eigenvalue weighted by Crippen LogP contribution is 1.84. The number of nitrogens with one attached hydrogen (secondary N) is 1. The van der Waals surface area contributed by atoms with E-state index < -0.39 is 11.4 Å². The maximum absolute atomic E-state index is 11.2. The highest BCUT2D eigenvalue weighted by atomic mass is 16.5. The second kappa shape index (κ2) is 3.99. The zero-order valence-corrected chi connectivity index (χ0v) is 7.53. The summed E-state index contributed by atoms with van der Waals surface area (Å²) in [6, 6.07) is 0. The van der Waals surface area contributed by atoms with E-state index in [1.54, 1.807) is 14.0 Å². The number of ether oxygens (including phenoxy) is 1. The van der Waals surface area contributed by atoms with Crippen molar-refractivity contribution < 1.29 is 4.74 Å². The molecule has 0 amide bonds. The summed E-state index contributed by atoms with van der Waals surface area (Å²) in [5.41, 5.74) is -1.06. The van der Waals surface area contributed by atoms with Crippen LogP contribution in [0.5, 0.6) is 0 Å². The standard InChI is InChI=1S/C7H11N3O3/c1-5-8-6(11)9-7(12)10(5)3-4-13-2/h3-4H2,1-2H3,(H,9,11,12). The quantitative estimate of drug-likeness (QED) is 0.647. The maximum Gasteiger partial charge on any atom is 0.350 e. The summed E-state index contributed by atoms with van der Waals surface area (Å²) in [5.74, 6) is 0.394. The molecule has 0 fully saturated rings. The SMILES string of the molecule is COCCn1c(C)nc(=O)[nH]c1=O. The van der Waals surface area contributed by atoms with E-state index in [1.807, 2.05) is 0 Å². The van der Waals surface area contributed by atoms with Crippen LogP contribution >= 0.6 is 0 Å².